The van der Waals surface area contributed by atoms with Crippen LogP contribution in [0.15, 0.2) is 18.2 Å². The molecule has 0 unspecified atom stereocenters. The molecule has 0 radical (unpaired) electrons. The van der Waals surface area contributed by atoms with Crippen LogP contribution in [-0.4, -0.2) is 32.0 Å². The molecule has 0 aliphatic heterocycles. The second-order valence-electron chi connectivity index (χ2n) is 3.60. The summed E-state index contributed by atoms with van der Waals surface area (Å²) in [5.74, 6) is 1.30. The lowest BCUT2D eigenvalue weighted by Crippen LogP contribution is -2.08. The summed E-state index contributed by atoms with van der Waals surface area (Å²) in [4.78, 5) is 0. The van der Waals surface area contributed by atoms with Gasteiger partial charge in [-0.2, -0.15) is 0 Å². The van der Waals surface area contributed by atoms with Crippen molar-refractivity contribution in [3.8, 4) is 11.5 Å². The third-order valence-electron chi connectivity index (χ3n) is 2.24. The van der Waals surface area contributed by atoms with Gasteiger partial charge in [-0.25, -0.2) is 0 Å². The molecule has 0 amide bonds. The summed E-state index contributed by atoms with van der Waals surface area (Å²) < 4.78 is 16.1. The predicted octanol–water partition coefficient (Wildman–Crippen LogP) is 1.99. The van der Waals surface area contributed by atoms with Gasteiger partial charge < -0.3 is 19.3 Å². The second-order valence-corrected chi connectivity index (χ2v) is 3.60. The molecule has 0 bridgehead atoms. The molecule has 0 atom stereocenters. The highest BCUT2D eigenvalue weighted by atomic mass is 16.5. The monoisotopic (exact) mass is 240 g/mol. The Hall–Kier alpha value is -1.26. The van der Waals surface area contributed by atoms with Crippen molar-refractivity contribution in [2.45, 2.75) is 20.0 Å². The predicted molar refractivity (Wildman–Crippen MR) is 65.5 cm³/mol. The Morgan fingerprint density at radius 2 is 1.94 bits per heavy atom. The van der Waals surface area contributed by atoms with E-state index in [-0.39, 0.29) is 6.61 Å². The average Bonchev–Trinajstić information content (AvgIpc) is 2.38. The molecule has 17 heavy (non-hydrogen) atoms. The number of ether oxygens (including phenoxy) is 3. The number of aliphatic hydroxyl groups excluding tert-OH is 1. The molecular weight excluding hydrogens is 220 g/mol. The van der Waals surface area contributed by atoms with Crippen LogP contribution in [0.2, 0.25) is 0 Å². The smallest absolute Gasteiger partial charge is 0.161 e. The van der Waals surface area contributed by atoms with E-state index in [1.54, 1.807) is 25.3 Å². The van der Waals surface area contributed by atoms with Crippen molar-refractivity contribution in [2.75, 3.05) is 26.9 Å². The number of methoxy groups -OCH3 is 1. The van der Waals surface area contributed by atoms with Gasteiger partial charge in [-0.05, 0) is 24.1 Å². The van der Waals surface area contributed by atoms with Gasteiger partial charge in [0.1, 0.15) is 6.61 Å². The van der Waals surface area contributed by atoms with Crippen LogP contribution >= 0.6 is 0 Å². The molecule has 0 aromatic heterocycles. The van der Waals surface area contributed by atoms with Gasteiger partial charge >= 0.3 is 0 Å². The normalized spacial score (nSPS) is 10.3. The van der Waals surface area contributed by atoms with Gasteiger partial charge in [-0.1, -0.05) is 13.0 Å². The number of rotatable bonds is 8. The molecule has 0 aliphatic carbocycles. The SMILES string of the molecule is CCCOCCOc1cc(CO)ccc1OC. The van der Waals surface area contributed by atoms with Crippen LogP contribution in [0.3, 0.4) is 0 Å². The van der Waals surface area contributed by atoms with Crippen molar-refractivity contribution < 1.29 is 19.3 Å². The van der Waals surface area contributed by atoms with Crippen molar-refractivity contribution in [1.29, 1.82) is 0 Å². The molecule has 0 saturated heterocycles. The maximum absolute atomic E-state index is 9.05. The van der Waals surface area contributed by atoms with E-state index in [1.165, 1.54) is 0 Å². The fraction of sp³-hybridized carbons (Fsp3) is 0.538. The minimum Gasteiger partial charge on any atom is -0.493 e. The molecule has 0 spiro atoms. The molecule has 1 N–H and O–H groups in total. The zero-order valence-electron chi connectivity index (χ0n) is 10.4. The Morgan fingerprint density at radius 3 is 2.59 bits per heavy atom. The highest BCUT2D eigenvalue weighted by Crippen LogP contribution is 2.27. The maximum atomic E-state index is 9.05. The van der Waals surface area contributed by atoms with Crippen LogP contribution in [0.1, 0.15) is 18.9 Å². The number of aliphatic hydroxyl groups is 1. The summed E-state index contributed by atoms with van der Waals surface area (Å²) in [6.45, 7) is 3.84. The van der Waals surface area contributed by atoms with Gasteiger partial charge in [0.2, 0.25) is 0 Å². The topological polar surface area (TPSA) is 47.9 Å². The van der Waals surface area contributed by atoms with Gasteiger partial charge in [0.25, 0.3) is 0 Å². The van der Waals surface area contributed by atoms with Crippen LogP contribution < -0.4 is 9.47 Å². The first-order valence-electron chi connectivity index (χ1n) is 5.80. The van der Waals surface area contributed by atoms with E-state index in [2.05, 4.69) is 6.92 Å². The molecule has 1 rings (SSSR count). The third kappa shape index (κ3) is 4.63. The van der Waals surface area contributed by atoms with E-state index in [0.29, 0.717) is 24.7 Å². The first-order valence-corrected chi connectivity index (χ1v) is 5.80. The summed E-state index contributed by atoms with van der Waals surface area (Å²) in [6, 6.07) is 5.37. The van der Waals surface area contributed by atoms with E-state index in [4.69, 9.17) is 19.3 Å². The fourth-order valence-electron chi connectivity index (χ4n) is 1.39. The lowest BCUT2D eigenvalue weighted by molar-refractivity contribution is 0.0994. The van der Waals surface area contributed by atoms with E-state index in [0.717, 1.165) is 18.6 Å². The van der Waals surface area contributed by atoms with Gasteiger partial charge in [-0.3, -0.25) is 0 Å². The molecule has 96 valence electrons. The first-order chi connectivity index (χ1) is 8.31. The van der Waals surface area contributed by atoms with Crippen LogP contribution in [0, 0.1) is 0 Å². The second kappa shape index (κ2) is 7.92. The quantitative estimate of drug-likeness (QED) is 0.706. The van der Waals surface area contributed by atoms with Crippen molar-refractivity contribution in [3.05, 3.63) is 23.8 Å². The van der Waals surface area contributed by atoms with E-state index in [9.17, 15) is 0 Å². The van der Waals surface area contributed by atoms with Crippen molar-refractivity contribution in [1.82, 2.24) is 0 Å². The van der Waals surface area contributed by atoms with Crippen LogP contribution in [0.4, 0.5) is 0 Å². The Balaban J connectivity index is 2.49. The van der Waals surface area contributed by atoms with E-state index < -0.39 is 0 Å². The molecule has 4 heteroatoms. The highest BCUT2D eigenvalue weighted by Gasteiger charge is 2.05. The van der Waals surface area contributed by atoms with Gasteiger partial charge in [0, 0.05) is 6.61 Å². The van der Waals surface area contributed by atoms with Crippen molar-refractivity contribution in [2.24, 2.45) is 0 Å². The number of hydrogen-bond acceptors (Lipinski definition) is 4. The molecule has 0 heterocycles. The zero-order valence-corrected chi connectivity index (χ0v) is 10.4. The van der Waals surface area contributed by atoms with Gasteiger partial charge in [-0.15, -0.1) is 0 Å². The molecule has 0 aliphatic rings. The minimum absolute atomic E-state index is 0.00725. The number of benzene rings is 1. The lowest BCUT2D eigenvalue weighted by Gasteiger charge is -2.11. The van der Waals surface area contributed by atoms with Gasteiger partial charge in [0.15, 0.2) is 11.5 Å². The fourth-order valence-corrected chi connectivity index (χ4v) is 1.39. The zero-order chi connectivity index (χ0) is 12.5. The minimum atomic E-state index is -0.00725. The van der Waals surface area contributed by atoms with Crippen molar-refractivity contribution >= 4 is 0 Å². The first kappa shape index (κ1) is 13.8. The Kier molecular flexibility index (Phi) is 6.43. The molecule has 0 fully saturated rings. The van der Waals surface area contributed by atoms with Gasteiger partial charge in [0.05, 0.1) is 20.3 Å². The molecule has 1 aromatic rings. The standard InChI is InChI=1S/C13H20O4/c1-3-6-16-7-8-17-13-9-11(10-14)4-5-12(13)15-2/h4-5,9,14H,3,6-8,10H2,1-2H3. The van der Waals surface area contributed by atoms with Crippen LogP contribution in [-0.2, 0) is 11.3 Å². The Labute approximate surface area is 102 Å². The maximum Gasteiger partial charge on any atom is 0.161 e. The molecule has 4 nitrogen and oxygen atoms in total. The number of hydrogen-bond donors (Lipinski definition) is 1. The van der Waals surface area contributed by atoms with Crippen LogP contribution in [0.25, 0.3) is 0 Å². The lowest BCUT2D eigenvalue weighted by atomic mass is 10.2. The van der Waals surface area contributed by atoms with E-state index in [1.807, 2.05) is 0 Å². The van der Waals surface area contributed by atoms with Crippen molar-refractivity contribution in [3.63, 3.8) is 0 Å². The largest absolute Gasteiger partial charge is 0.493 e. The average molecular weight is 240 g/mol. The summed E-state index contributed by atoms with van der Waals surface area (Å²) in [5.41, 5.74) is 0.801. The summed E-state index contributed by atoms with van der Waals surface area (Å²) in [5, 5.41) is 9.05. The molecule has 0 saturated carbocycles. The summed E-state index contributed by atoms with van der Waals surface area (Å²) in [6.07, 6.45) is 1.00. The van der Waals surface area contributed by atoms with E-state index >= 15 is 0 Å². The molecule has 1 aromatic carbocycles. The van der Waals surface area contributed by atoms with Crippen LogP contribution in [0.5, 0.6) is 11.5 Å². The highest BCUT2D eigenvalue weighted by molar-refractivity contribution is 5.42. The summed E-state index contributed by atoms with van der Waals surface area (Å²) in [7, 11) is 1.59. The molecular formula is C13H20O4. The summed E-state index contributed by atoms with van der Waals surface area (Å²) >= 11 is 0. The Morgan fingerprint density at radius 1 is 1.12 bits per heavy atom. The Bertz CT molecular complexity index is 325. The third-order valence-corrected chi connectivity index (χ3v) is 2.24.